The van der Waals surface area contributed by atoms with Gasteiger partial charge in [-0.25, -0.2) is 9.78 Å². The minimum atomic E-state index is -0.676. The van der Waals surface area contributed by atoms with E-state index in [1.807, 2.05) is 32.0 Å². The van der Waals surface area contributed by atoms with E-state index in [4.69, 9.17) is 4.74 Å². The van der Waals surface area contributed by atoms with Crippen molar-refractivity contribution in [1.29, 1.82) is 0 Å². The second-order valence-corrected chi connectivity index (χ2v) is 4.64. The molecular formula is C15H17N3O3. The molecule has 1 heterocycles. The van der Waals surface area contributed by atoms with Crippen molar-refractivity contribution in [3.63, 3.8) is 0 Å². The number of ether oxygens (including phenoxy) is 1. The van der Waals surface area contributed by atoms with Gasteiger partial charge in [-0.15, -0.1) is 0 Å². The molecule has 21 heavy (non-hydrogen) atoms. The highest BCUT2D eigenvalue weighted by molar-refractivity contribution is 5.88. The van der Waals surface area contributed by atoms with Crippen LogP contribution in [0.4, 0.5) is 11.6 Å². The van der Waals surface area contributed by atoms with Crippen LogP contribution in [0.25, 0.3) is 0 Å². The monoisotopic (exact) mass is 287 g/mol. The maximum absolute atomic E-state index is 11.9. The largest absolute Gasteiger partial charge is 0.462 e. The first-order valence-electron chi connectivity index (χ1n) is 6.62. The average molecular weight is 287 g/mol. The quantitative estimate of drug-likeness (QED) is 0.843. The smallest absolute Gasteiger partial charge is 0.345 e. The fraction of sp³-hybridized carbons (Fsp3) is 0.267. The third-order valence-corrected chi connectivity index (χ3v) is 2.94. The van der Waals surface area contributed by atoms with E-state index in [1.54, 1.807) is 6.92 Å². The van der Waals surface area contributed by atoms with Gasteiger partial charge in [-0.1, -0.05) is 12.1 Å². The number of carbonyl (C=O) groups is 1. The Morgan fingerprint density at radius 1 is 1.38 bits per heavy atom. The van der Waals surface area contributed by atoms with Crippen LogP contribution in [0.15, 0.2) is 29.2 Å². The van der Waals surface area contributed by atoms with E-state index in [1.165, 1.54) is 6.20 Å². The lowest BCUT2D eigenvalue weighted by Gasteiger charge is -2.09. The number of esters is 1. The minimum Gasteiger partial charge on any atom is -0.462 e. The normalized spacial score (nSPS) is 10.2. The molecule has 0 unspecified atom stereocenters. The predicted octanol–water partition coefficient (Wildman–Crippen LogP) is 2.31. The topological polar surface area (TPSA) is 84.1 Å². The molecule has 0 aliphatic carbocycles. The zero-order chi connectivity index (χ0) is 15.4. The van der Waals surface area contributed by atoms with Crippen LogP contribution in [0.1, 0.15) is 28.4 Å². The lowest BCUT2D eigenvalue weighted by Crippen LogP contribution is -2.21. The van der Waals surface area contributed by atoms with Crippen LogP contribution in [0.5, 0.6) is 0 Å². The fourth-order valence-corrected chi connectivity index (χ4v) is 1.81. The minimum absolute atomic E-state index is 0.108. The van der Waals surface area contributed by atoms with Gasteiger partial charge < -0.3 is 10.1 Å². The Labute approximate surface area is 122 Å². The summed E-state index contributed by atoms with van der Waals surface area (Å²) in [5.41, 5.74) is 2.33. The van der Waals surface area contributed by atoms with E-state index in [9.17, 15) is 9.59 Å². The number of aryl methyl sites for hydroxylation is 2. The van der Waals surface area contributed by atoms with Crippen molar-refractivity contribution < 1.29 is 9.53 Å². The van der Waals surface area contributed by atoms with E-state index >= 15 is 0 Å². The Balaban J connectivity index is 2.26. The molecular weight excluding hydrogens is 270 g/mol. The van der Waals surface area contributed by atoms with Gasteiger partial charge in [0.1, 0.15) is 5.56 Å². The molecule has 0 fully saturated rings. The van der Waals surface area contributed by atoms with E-state index < -0.39 is 11.5 Å². The SMILES string of the molecule is CCOC(=O)c1cnc(Nc2cc(C)ccc2C)[nH]c1=O. The van der Waals surface area contributed by atoms with Gasteiger partial charge in [-0.05, 0) is 38.0 Å². The van der Waals surface area contributed by atoms with Crippen LogP contribution < -0.4 is 10.9 Å². The Kier molecular flexibility index (Phi) is 4.37. The standard InChI is InChI=1S/C15H17N3O3/c1-4-21-14(20)11-8-16-15(18-13(11)19)17-12-7-9(2)5-6-10(12)3/h5-8H,4H2,1-3H3,(H2,16,17,18,19). The molecule has 2 N–H and O–H groups in total. The van der Waals surface area contributed by atoms with Gasteiger partial charge in [-0.2, -0.15) is 0 Å². The molecule has 2 aromatic rings. The number of aromatic nitrogens is 2. The van der Waals surface area contributed by atoms with Crippen molar-refractivity contribution in [3.8, 4) is 0 Å². The van der Waals surface area contributed by atoms with Gasteiger partial charge in [0.05, 0.1) is 12.8 Å². The van der Waals surface area contributed by atoms with Gasteiger partial charge in [-0.3, -0.25) is 9.78 Å². The first-order chi connectivity index (χ1) is 10.0. The van der Waals surface area contributed by atoms with Gasteiger partial charge in [0.25, 0.3) is 5.56 Å². The Morgan fingerprint density at radius 3 is 2.81 bits per heavy atom. The molecule has 1 aromatic carbocycles. The number of hydrogen-bond acceptors (Lipinski definition) is 5. The molecule has 2 rings (SSSR count). The predicted molar refractivity (Wildman–Crippen MR) is 80.0 cm³/mol. The molecule has 110 valence electrons. The number of H-pyrrole nitrogens is 1. The van der Waals surface area contributed by atoms with E-state index in [2.05, 4.69) is 15.3 Å². The van der Waals surface area contributed by atoms with Crippen molar-refractivity contribution in [2.45, 2.75) is 20.8 Å². The summed E-state index contributed by atoms with van der Waals surface area (Å²) >= 11 is 0. The third kappa shape index (κ3) is 3.47. The van der Waals surface area contributed by atoms with Crippen LogP contribution in [-0.4, -0.2) is 22.5 Å². The number of nitrogens with zero attached hydrogens (tertiary/aromatic N) is 1. The van der Waals surface area contributed by atoms with Gasteiger partial charge in [0, 0.05) is 5.69 Å². The van der Waals surface area contributed by atoms with E-state index in [-0.39, 0.29) is 18.1 Å². The summed E-state index contributed by atoms with van der Waals surface area (Å²) in [6, 6.07) is 5.93. The van der Waals surface area contributed by atoms with Crippen LogP contribution >= 0.6 is 0 Å². The molecule has 6 heteroatoms. The molecule has 0 aliphatic heterocycles. The Bertz CT molecular complexity index is 722. The number of nitrogens with one attached hydrogen (secondary N) is 2. The molecule has 0 saturated carbocycles. The fourth-order valence-electron chi connectivity index (χ4n) is 1.81. The van der Waals surface area contributed by atoms with Gasteiger partial charge >= 0.3 is 5.97 Å². The Morgan fingerprint density at radius 2 is 2.14 bits per heavy atom. The van der Waals surface area contributed by atoms with Crippen LogP contribution in [-0.2, 0) is 4.74 Å². The summed E-state index contributed by atoms with van der Waals surface area (Å²) in [4.78, 5) is 30.0. The Hall–Kier alpha value is -2.63. The molecule has 0 saturated heterocycles. The maximum Gasteiger partial charge on any atom is 0.345 e. The molecule has 0 radical (unpaired) electrons. The van der Waals surface area contributed by atoms with Crippen LogP contribution in [0, 0.1) is 13.8 Å². The summed E-state index contributed by atoms with van der Waals surface area (Å²) in [6.07, 6.45) is 1.21. The van der Waals surface area contributed by atoms with Gasteiger partial charge in [0.15, 0.2) is 0 Å². The van der Waals surface area contributed by atoms with Crippen molar-refractivity contribution in [2.75, 3.05) is 11.9 Å². The number of aromatic amines is 1. The highest BCUT2D eigenvalue weighted by Crippen LogP contribution is 2.19. The summed E-state index contributed by atoms with van der Waals surface area (Å²) in [7, 11) is 0. The zero-order valence-electron chi connectivity index (χ0n) is 12.2. The molecule has 0 aliphatic rings. The van der Waals surface area contributed by atoms with Crippen molar-refractivity contribution in [1.82, 2.24) is 9.97 Å². The first-order valence-corrected chi connectivity index (χ1v) is 6.62. The number of rotatable bonds is 4. The highest BCUT2D eigenvalue weighted by atomic mass is 16.5. The summed E-state index contributed by atoms with van der Waals surface area (Å²) in [6.45, 7) is 5.81. The maximum atomic E-state index is 11.9. The average Bonchev–Trinajstić information content (AvgIpc) is 2.43. The van der Waals surface area contributed by atoms with Crippen molar-refractivity contribution >= 4 is 17.6 Å². The molecule has 0 spiro atoms. The third-order valence-electron chi connectivity index (χ3n) is 2.94. The molecule has 1 aromatic heterocycles. The van der Waals surface area contributed by atoms with E-state index in [0.717, 1.165) is 16.8 Å². The molecule has 0 bridgehead atoms. The zero-order valence-corrected chi connectivity index (χ0v) is 12.2. The number of anilines is 2. The number of benzene rings is 1. The lowest BCUT2D eigenvalue weighted by atomic mass is 10.1. The van der Waals surface area contributed by atoms with Crippen molar-refractivity contribution in [3.05, 3.63) is 51.4 Å². The van der Waals surface area contributed by atoms with Crippen LogP contribution in [0.3, 0.4) is 0 Å². The summed E-state index contributed by atoms with van der Waals surface area (Å²) < 4.78 is 4.78. The molecule has 6 nitrogen and oxygen atoms in total. The first kappa shape index (κ1) is 14.8. The summed E-state index contributed by atoms with van der Waals surface area (Å²) in [5.74, 6) is -0.397. The second-order valence-electron chi connectivity index (χ2n) is 4.64. The lowest BCUT2D eigenvalue weighted by molar-refractivity contribution is 0.0524. The van der Waals surface area contributed by atoms with Gasteiger partial charge in [0.2, 0.25) is 5.95 Å². The highest BCUT2D eigenvalue weighted by Gasteiger charge is 2.13. The second kappa shape index (κ2) is 6.21. The van der Waals surface area contributed by atoms with E-state index in [0.29, 0.717) is 0 Å². The van der Waals surface area contributed by atoms with Crippen molar-refractivity contribution in [2.24, 2.45) is 0 Å². The number of carbonyl (C=O) groups excluding carboxylic acids is 1. The summed E-state index contributed by atoms with van der Waals surface area (Å²) in [5, 5.41) is 3.03. The van der Waals surface area contributed by atoms with Crippen LogP contribution in [0.2, 0.25) is 0 Å². The number of hydrogen-bond donors (Lipinski definition) is 2. The molecule has 0 atom stereocenters. The molecule has 0 amide bonds.